The highest BCUT2D eigenvalue weighted by Gasteiger charge is 2.25. The summed E-state index contributed by atoms with van der Waals surface area (Å²) in [6, 6.07) is 17.5. The highest BCUT2D eigenvalue weighted by Crippen LogP contribution is 2.18. The van der Waals surface area contributed by atoms with E-state index in [1.807, 2.05) is 49.4 Å². The summed E-state index contributed by atoms with van der Waals surface area (Å²) in [4.78, 5) is 27.1. The zero-order chi connectivity index (χ0) is 20.4. The normalized spacial score (nSPS) is 11.7. The molecule has 1 unspecified atom stereocenters. The monoisotopic (exact) mass is 398 g/mol. The Kier molecular flexibility index (Phi) is 9.08. The fourth-order valence-corrected chi connectivity index (χ4v) is 3.85. The van der Waals surface area contributed by atoms with Gasteiger partial charge in [0, 0.05) is 18.8 Å². The lowest BCUT2D eigenvalue weighted by atomic mass is 10.1. The second kappa shape index (κ2) is 11.5. The van der Waals surface area contributed by atoms with Crippen LogP contribution in [0, 0.1) is 6.92 Å². The highest BCUT2D eigenvalue weighted by molar-refractivity contribution is 7.99. The van der Waals surface area contributed by atoms with Gasteiger partial charge in [-0.3, -0.25) is 9.59 Å². The van der Waals surface area contributed by atoms with Gasteiger partial charge in [0.05, 0.1) is 5.75 Å². The van der Waals surface area contributed by atoms with E-state index in [4.69, 9.17) is 0 Å². The zero-order valence-corrected chi connectivity index (χ0v) is 17.8. The van der Waals surface area contributed by atoms with E-state index in [0.29, 0.717) is 18.8 Å². The van der Waals surface area contributed by atoms with Crippen molar-refractivity contribution in [2.75, 3.05) is 12.3 Å². The van der Waals surface area contributed by atoms with Gasteiger partial charge in [0.1, 0.15) is 6.04 Å². The zero-order valence-electron chi connectivity index (χ0n) is 17.0. The molecule has 0 bridgehead atoms. The summed E-state index contributed by atoms with van der Waals surface area (Å²) in [5.41, 5.74) is 3.49. The number of amides is 2. The molecule has 150 valence electrons. The first kappa shape index (κ1) is 22.0. The number of aryl methyl sites for hydroxylation is 1. The molecule has 0 radical (unpaired) electrons. The molecule has 0 aromatic heterocycles. The first-order valence-corrected chi connectivity index (χ1v) is 10.9. The van der Waals surface area contributed by atoms with E-state index in [9.17, 15) is 9.59 Å². The van der Waals surface area contributed by atoms with E-state index in [1.165, 1.54) is 11.1 Å². The summed E-state index contributed by atoms with van der Waals surface area (Å²) in [7, 11) is 0. The molecule has 0 aliphatic rings. The number of hydrogen-bond acceptors (Lipinski definition) is 3. The van der Waals surface area contributed by atoms with Crippen molar-refractivity contribution in [3.8, 4) is 0 Å². The summed E-state index contributed by atoms with van der Waals surface area (Å²) in [5.74, 6) is 1.03. The molecule has 0 spiro atoms. The molecule has 0 fully saturated rings. The molecule has 1 N–H and O–H groups in total. The van der Waals surface area contributed by atoms with E-state index in [0.717, 1.165) is 17.7 Å². The summed E-state index contributed by atoms with van der Waals surface area (Å²) in [5, 5.41) is 2.90. The van der Waals surface area contributed by atoms with Crippen LogP contribution in [0.2, 0.25) is 0 Å². The smallest absolute Gasteiger partial charge is 0.242 e. The Hall–Kier alpha value is -2.27. The highest BCUT2D eigenvalue weighted by atomic mass is 32.2. The van der Waals surface area contributed by atoms with Gasteiger partial charge in [0.15, 0.2) is 0 Å². The predicted octanol–water partition coefficient (Wildman–Crippen LogP) is 4.17. The van der Waals surface area contributed by atoms with Gasteiger partial charge >= 0.3 is 0 Å². The standard InChI is InChI=1S/C23H30N2O2S/c1-4-14-24-23(27)19(3)25(15-20-11-6-5-7-12-20)22(26)17-28-16-21-13-9-8-10-18(21)2/h5-13,19H,4,14-17H2,1-3H3,(H,24,27). The van der Waals surface area contributed by atoms with Gasteiger partial charge in [-0.15, -0.1) is 11.8 Å². The lowest BCUT2D eigenvalue weighted by Crippen LogP contribution is -2.48. The van der Waals surface area contributed by atoms with Gasteiger partial charge in [-0.05, 0) is 37.0 Å². The molecule has 0 aliphatic heterocycles. The number of nitrogens with one attached hydrogen (secondary N) is 1. The molecule has 0 saturated carbocycles. The summed E-state index contributed by atoms with van der Waals surface area (Å²) >= 11 is 1.59. The quantitative estimate of drug-likeness (QED) is 0.653. The Labute approximate surface area is 172 Å². The number of carbonyl (C=O) groups is 2. The second-order valence-corrected chi connectivity index (χ2v) is 7.88. The lowest BCUT2D eigenvalue weighted by molar-refractivity contribution is -0.138. The van der Waals surface area contributed by atoms with Crippen LogP contribution in [0.25, 0.3) is 0 Å². The van der Waals surface area contributed by atoms with Gasteiger partial charge in [-0.1, -0.05) is 61.5 Å². The van der Waals surface area contributed by atoms with Crippen molar-refractivity contribution in [3.05, 3.63) is 71.3 Å². The Bertz CT molecular complexity index is 764. The van der Waals surface area contributed by atoms with E-state index in [-0.39, 0.29) is 11.8 Å². The minimum absolute atomic E-state index is 0.0124. The Morgan fingerprint density at radius 3 is 2.43 bits per heavy atom. The van der Waals surface area contributed by atoms with Crippen molar-refractivity contribution in [1.82, 2.24) is 10.2 Å². The molecule has 4 nitrogen and oxygen atoms in total. The summed E-state index contributed by atoms with van der Waals surface area (Å²) in [6.07, 6.45) is 0.872. The van der Waals surface area contributed by atoms with Crippen LogP contribution in [0.5, 0.6) is 0 Å². The van der Waals surface area contributed by atoms with Crippen molar-refractivity contribution in [3.63, 3.8) is 0 Å². The number of carbonyl (C=O) groups excluding carboxylic acids is 2. The van der Waals surface area contributed by atoms with Crippen LogP contribution in [0.4, 0.5) is 0 Å². The maximum absolute atomic E-state index is 13.0. The van der Waals surface area contributed by atoms with Crippen LogP contribution in [-0.4, -0.2) is 35.1 Å². The molecule has 0 heterocycles. The van der Waals surface area contributed by atoms with Crippen molar-refractivity contribution in [2.24, 2.45) is 0 Å². The van der Waals surface area contributed by atoms with E-state index in [1.54, 1.807) is 23.6 Å². The molecule has 2 aromatic carbocycles. The largest absolute Gasteiger partial charge is 0.354 e. The third kappa shape index (κ3) is 6.71. The van der Waals surface area contributed by atoms with Crippen molar-refractivity contribution in [2.45, 2.75) is 45.5 Å². The number of thioether (sulfide) groups is 1. The first-order valence-electron chi connectivity index (χ1n) is 9.76. The lowest BCUT2D eigenvalue weighted by Gasteiger charge is -2.28. The van der Waals surface area contributed by atoms with Crippen LogP contribution in [0.15, 0.2) is 54.6 Å². The maximum atomic E-state index is 13.0. The minimum Gasteiger partial charge on any atom is -0.354 e. The molecule has 28 heavy (non-hydrogen) atoms. The van der Waals surface area contributed by atoms with Gasteiger partial charge in [0.25, 0.3) is 0 Å². The van der Waals surface area contributed by atoms with Gasteiger partial charge in [-0.25, -0.2) is 0 Å². The van der Waals surface area contributed by atoms with E-state index < -0.39 is 6.04 Å². The Balaban J connectivity index is 2.03. The van der Waals surface area contributed by atoms with E-state index in [2.05, 4.69) is 24.4 Å². The molecular weight excluding hydrogens is 368 g/mol. The number of benzene rings is 2. The molecule has 1 atom stereocenters. The number of hydrogen-bond donors (Lipinski definition) is 1. The Morgan fingerprint density at radius 2 is 1.75 bits per heavy atom. The third-order valence-electron chi connectivity index (χ3n) is 4.66. The first-order chi connectivity index (χ1) is 13.5. The van der Waals surface area contributed by atoms with Crippen molar-refractivity contribution < 1.29 is 9.59 Å². The van der Waals surface area contributed by atoms with Crippen LogP contribution in [-0.2, 0) is 21.9 Å². The summed E-state index contributed by atoms with van der Waals surface area (Å²) < 4.78 is 0. The maximum Gasteiger partial charge on any atom is 0.242 e. The average Bonchev–Trinajstić information content (AvgIpc) is 2.71. The van der Waals surface area contributed by atoms with Crippen LogP contribution >= 0.6 is 11.8 Å². The van der Waals surface area contributed by atoms with Crippen molar-refractivity contribution in [1.29, 1.82) is 0 Å². The topological polar surface area (TPSA) is 49.4 Å². The Morgan fingerprint density at radius 1 is 1.07 bits per heavy atom. The minimum atomic E-state index is -0.502. The molecule has 5 heteroatoms. The SMILES string of the molecule is CCCNC(=O)C(C)N(Cc1ccccc1)C(=O)CSCc1ccccc1C. The molecule has 2 amide bonds. The van der Waals surface area contributed by atoms with E-state index >= 15 is 0 Å². The van der Waals surface area contributed by atoms with Gasteiger partial charge in [0.2, 0.25) is 11.8 Å². The molecule has 0 saturated heterocycles. The fraction of sp³-hybridized carbons (Fsp3) is 0.391. The molecular formula is C23H30N2O2S. The van der Waals surface area contributed by atoms with Crippen LogP contribution in [0.1, 0.15) is 37.0 Å². The third-order valence-corrected chi connectivity index (χ3v) is 5.62. The summed E-state index contributed by atoms with van der Waals surface area (Å²) in [6.45, 7) is 6.96. The average molecular weight is 399 g/mol. The molecule has 0 aliphatic carbocycles. The number of rotatable bonds is 10. The second-order valence-electron chi connectivity index (χ2n) is 6.89. The fourth-order valence-electron chi connectivity index (χ4n) is 2.86. The van der Waals surface area contributed by atoms with Crippen molar-refractivity contribution >= 4 is 23.6 Å². The number of nitrogens with zero attached hydrogens (tertiary/aromatic N) is 1. The molecule has 2 aromatic rings. The van der Waals surface area contributed by atoms with Crippen LogP contribution < -0.4 is 5.32 Å². The predicted molar refractivity (Wildman–Crippen MR) is 117 cm³/mol. The molecule has 2 rings (SSSR count). The van der Waals surface area contributed by atoms with Gasteiger partial charge in [-0.2, -0.15) is 0 Å². The van der Waals surface area contributed by atoms with Gasteiger partial charge < -0.3 is 10.2 Å². The van der Waals surface area contributed by atoms with Crippen LogP contribution in [0.3, 0.4) is 0 Å².